The molecular weight excluding hydrogens is 358 g/mol. The Hall–Kier alpha value is -3.17. The Morgan fingerprint density at radius 1 is 1.26 bits per heavy atom. The molecule has 0 saturated heterocycles. The predicted molar refractivity (Wildman–Crippen MR) is 105 cm³/mol. The Bertz CT molecular complexity index is 1050. The van der Waals surface area contributed by atoms with Gasteiger partial charge in [-0.3, -0.25) is 4.79 Å². The van der Waals surface area contributed by atoms with Crippen LogP contribution >= 0.6 is 11.3 Å². The number of carbonyl (C=O) groups is 1. The van der Waals surface area contributed by atoms with Gasteiger partial charge in [-0.15, -0.1) is 11.3 Å². The van der Waals surface area contributed by atoms with Crippen LogP contribution in [0.25, 0.3) is 11.3 Å². The van der Waals surface area contributed by atoms with E-state index in [1.165, 1.54) is 0 Å². The van der Waals surface area contributed by atoms with Gasteiger partial charge in [-0.2, -0.15) is 5.26 Å². The van der Waals surface area contributed by atoms with Crippen LogP contribution in [0.15, 0.2) is 47.8 Å². The maximum Gasteiger partial charge on any atom is 0.268 e. The van der Waals surface area contributed by atoms with Crippen molar-refractivity contribution >= 4 is 22.9 Å². The third-order valence-electron chi connectivity index (χ3n) is 4.51. The van der Waals surface area contributed by atoms with Gasteiger partial charge in [-0.1, -0.05) is 12.1 Å². The number of hydrogen-bond donors (Lipinski definition) is 0. The number of benzene rings is 2. The number of nitrogens with zero attached hydrogens (tertiary/aromatic N) is 3. The standard InChI is InChI=1S/C21H17N3O2S/c1-13-21(25)24(11-16-5-3-15(10-22)4-6-16)19-9-17(7-8-20(19)26-13)18-12-27-14(2)23-18/h3-9,12-13H,11H2,1-2H3. The van der Waals surface area contributed by atoms with Gasteiger partial charge in [0.15, 0.2) is 6.10 Å². The average molecular weight is 375 g/mol. The fraction of sp³-hybridized carbons (Fsp3) is 0.190. The van der Waals surface area contributed by atoms with Gasteiger partial charge in [0.25, 0.3) is 5.91 Å². The van der Waals surface area contributed by atoms with Gasteiger partial charge < -0.3 is 9.64 Å². The summed E-state index contributed by atoms with van der Waals surface area (Å²) in [5, 5.41) is 12.0. The van der Waals surface area contributed by atoms with Gasteiger partial charge >= 0.3 is 0 Å². The van der Waals surface area contributed by atoms with E-state index < -0.39 is 6.10 Å². The van der Waals surface area contributed by atoms with Crippen LogP contribution in [0, 0.1) is 18.3 Å². The summed E-state index contributed by atoms with van der Waals surface area (Å²) in [6.07, 6.45) is -0.539. The summed E-state index contributed by atoms with van der Waals surface area (Å²) in [5.74, 6) is 0.602. The van der Waals surface area contributed by atoms with Gasteiger partial charge in [0.05, 0.1) is 34.6 Å². The van der Waals surface area contributed by atoms with E-state index in [9.17, 15) is 4.79 Å². The number of rotatable bonds is 3. The van der Waals surface area contributed by atoms with Gasteiger partial charge in [0, 0.05) is 10.9 Å². The predicted octanol–water partition coefficient (Wildman–Crippen LogP) is 4.30. The Kier molecular flexibility index (Phi) is 4.38. The summed E-state index contributed by atoms with van der Waals surface area (Å²) in [6.45, 7) is 4.15. The Balaban J connectivity index is 1.72. The normalized spacial score (nSPS) is 15.8. The molecule has 0 N–H and O–H groups in total. The highest BCUT2D eigenvalue weighted by atomic mass is 32.1. The molecule has 5 nitrogen and oxygen atoms in total. The van der Waals surface area contributed by atoms with Crippen LogP contribution in [0.1, 0.15) is 23.1 Å². The minimum atomic E-state index is -0.539. The van der Waals surface area contributed by atoms with E-state index in [2.05, 4.69) is 11.1 Å². The van der Waals surface area contributed by atoms with Crippen LogP contribution in [-0.4, -0.2) is 17.0 Å². The molecule has 1 atom stereocenters. The van der Waals surface area contributed by atoms with Crippen LogP contribution < -0.4 is 9.64 Å². The molecule has 0 fully saturated rings. The molecule has 2 aromatic carbocycles. The zero-order chi connectivity index (χ0) is 19.0. The van der Waals surface area contributed by atoms with E-state index in [1.54, 1.807) is 35.3 Å². The molecule has 1 aliphatic heterocycles. The first kappa shape index (κ1) is 17.3. The Morgan fingerprint density at radius 2 is 2.04 bits per heavy atom. The van der Waals surface area contributed by atoms with E-state index >= 15 is 0 Å². The molecule has 0 radical (unpaired) electrons. The maximum absolute atomic E-state index is 12.8. The molecule has 1 aliphatic rings. The first-order chi connectivity index (χ1) is 13.0. The van der Waals surface area contributed by atoms with Crippen LogP contribution in [0.3, 0.4) is 0 Å². The minimum absolute atomic E-state index is 0.0848. The number of hydrogen-bond acceptors (Lipinski definition) is 5. The molecule has 1 aromatic heterocycles. The second-order valence-electron chi connectivity index (χ2n) is 6.43. The van der Waals surface area contributed by atoms with Crippen molar-refractivity contribution < 1.29 is 9.53 Å². The van der Waals surface area contributed by atoms with Crippen LogP contribution in [0.4, 0.5) is 5.69 Å². The van der Waals surface area contributed by atoms with Gasteiger partial charge in [0.2, 0.25) is 0 Å². The Labute approximate surface area is 161 Å². The average Bonchev–Trinajstić information content (AvgIpc) is 3.12. The second-order valence-corrected chi connectivity index (χ2v) is 7.49. The quantitative estimate of drug-likeness (QED) is 0.684. The number of thiazole rings is 1. The molecular formula is C21H17N3O2S. The van der Waals surface area contributed by atoms with Crippen LogP contribution in [-0.2, 0) is 11.3 Å². The number of fused-ring (bicyclic) bond motifs is 1. The Morgan fingerprint density at radius 3 is 2.70 bits per heavy atom. The molecule has 3 aromatic rings. The molecule has 27 heavy (non-hydrogen) atoms. The van der Waals surface area contributed by atoms with Gasteiger partial charge in [-0.25, -0.2) is 4.98 Å². The number of aromatic nitrogens is 1. The maximum atomic E-state index is 12.8. The third-order valence-corrected chi connectivity index (χ3v) is 5.28. The molecule has 0 aliphatic carbocycles. The SMILES string of the molecule is Cc1nc(-c2ccc3c(c2)N(Cc2ccc(C#N)cc2)C(=O)C(C)O3)cs1. The summed E-state index contributed by atoms with van der Waals surface area (Å²) >= 11 is 1.60. The summed E-state index contributed by atoms with van der Waals surface area (Å²) in [6, 6.07) is 15.2. The zero-order valence-electron chi connectivity index (χ0n) is 15.0. The van der Waals surface area contributed by atoms with Gasteiger partial charge in [0.1, 0.15) is 5.75 Å². The highest BCUT2D eigenvalue weighted by molar-refractivity contribution is 7.09. The summed E-state index contributed by atoms with van der Waals surface area (Å²) in [7, 11) is 0. The number of amides is 1. The van der Waals surface area contributed by atoms with Crippen molar-refractivity contribution in [2.45, 2.75) is 26.5 Å². The lowest BCUT2D eigenvalue weighted by atomic mass is 10.1. The highest BCUT2D eigenvalue weighted by Crippen LogP contribution is 2.38. The zero-order valence-corrected chi connectivity index (χ0v) is 15.8. The monoisotopic (exact) mass is 375 g/mol. The van der Waals surface area contributed by atoms with E-state index in [-0.39, 0.29) is 5.91 Å². The second kappa shape index (κ2) is 6.86. The van der Waals surface area contributed by atoms with E-state index in [1.807, 2.05) is 42.6 Å². The molecule has 134 valence electrons. The lowest BCUT2D eigenvalue weighted by Crippen LogP contribution is -2.44. The van der Waals surface area contributed by atoms with E-state index in [0.29, 0.717) is 17.9 Å². The van der Waals surface area contributed by atoms with Crippen LogP contribution in [0.5, 0.6) is 5.75 Å². The first-order valence-electron chi connectivity index (χ1n) is 8.59. The van der Waals surface area contributed by atoms with Crippen molar-refractivity contribution in [1.29, 1.82) is 5.26 Å². The molecule has 0 saturated carbocycles. The molecule has 4 rings (SSSR count). The molecule has 0 spiro atoms. The van der Waals surface area contributed by atoms with Crippen molar-refractivity contribution in [2.75, 3.05) is 4.90 Å². The van der Waals surface area contributed by atoms with Gasteiger partial charge in [-0.05, 0) is 49.7 Å². The highest BCUT2D eigenvalue weighted by Gasteiger charge is 2.32. The molecule has 2 heterocycles. The number of anilines is 1. The van der Waals surface area contributed by atoms with Crippen molar-refractivity contribution in [3.8, 4) is 23.1 Å². The van der Waals surface area contributed by atoms with Crippen molar-refractivity contribution in [1.82, 2.24) is 4.98 Å². The fourth-order valence-electron chi connectivity index (χ4n) is 3.09. The van der Waals surface area contributed by atoms with E-state index in [0.717, 1.165) is 27.5 Å². The largest absolute Gasteiger partial charge is 0.479 e. The minimum Gasteiger partial charge on any atom is -0.479 e. The lowest BCUT2D eigenvalue weighted by Gasteiger charge is -2.33. The smallest absolute Gasteiger partial charge is 0.268 e. The third kappa shape index (κ3) is 3.29. The fourth-order valence-corrected chi connectivity index (χ4v) is 3.71. The number of ether oxygens (including phenoxy) is 1. The summed E-state index contributed by atoms with van der Waals surface area (Å²) in [4.78, 5) is 19.1. The summed E-state index contributed by atoms with van der Waals surface area (Å²) in [5.41, 5.74) is 4.14. The van der Waals surface area contributed by atoms with Crippen LogP contribution in [0.2, 0.25) is 0 Å². The molecule has 6 heteroatoms. The van der Waals surface area contributed by atoms with Crippen molar-refractivity contribution in [2.24, 2.45) is 0 Å². The lowest BCUT2D eigenvalue weighted by molar-refractivity contribution is -0.125. The number of nitriles is 1. The number of aryl methyl sites for hydroxylation is 1. The topological polar surface area (TPSA) is 66.2 Å². The summed E-state index contributed by atoms with van der Waals surface area (Å²) < 4.78 is 5.79. The molecule has 1 amide bonds. The first-order valence-corrected chi connectivity index (χ1v) is 9.47. The number of carbonyl (C=O) groups excluding carboxylic acids is 1. The molecule has 0 bridgehead atoms. The van der Waals surface area contributed by atoms with Crippen molar-refractivity contribution in [3.63, 3.8) is 0 Å². The van der Waals surface area contributed by atoms with E-state index in [4.69, 9.17) is 10.00 Å². The molecule has 1 unspecified atom stereocenters. The van der Waals surface area contributed by atoms with Crippen molar-refractivity contribution in [3.05, 3.63) is 64.0 Å².